The number of aromatic nitrogens is 1. The molecule has 0 aliphatic heterocycles. The summed E-state index contributed by atoms with van der Waals surface area (Å²) < 4.78 is 0. The first-order valence-corrected chi connectivity index (χ1v) is 8.85. The second-order valence-electron chi connectivity index (χ2n) is 6.24. The molecule has 0 aromatic carbocycles. The molecular formula is C19H34N2. The van der Waals surface area contributed by atoms with Crippen LogP contribution in [0.2, 0.25) is 0 Å². The van der Waals surface area contributed by atoms with Crippen LogP contribution >= 0.6 is 0 Å². The minimum atomic E-state index is 0.422. The van der Waals surface area contributed by atoms with Gasteiger partial charge in [0, 0.05) is 12.2 Å². The summed E-state index contributed by atoms with van der Waals surface area (Å²) in [6.07, 6.45) is 12.8. The molecule has 0 fully saturated rings. The molecular weight excluding hydrogens is 256 g/mol. The maximum absolute atomic E-state index is 4.67. The van der Waals surface area contributed by atoms with Gasteiger partial charge in [0.05, 0.1) is 5.69 Å². The highest BCUT2D eigenvalue weighted by atomic mass is 14.9. The lowest BCUT2D eigenvalue weighted by molar-refractivity contribution is 0.465. The summed E-state index contributed by atoms with van der Waals surface area (Å²) >= 11 is 0. The summed E-state index contributed by atoms with van der Waals surface area (Å²) in [5.74, 6) is 0. The van der Waals surface area contributed by atoms with Gasteiger partial charge in [0.15, 0.2) is 0 Å². The number of hydrogen-bond donors (Lipinski definition) is 1. The molecule has 0 aliphatic rings. The lowest BCUT2D eigenvalue weighted by atomic mass is 9.99. The smallest absolute Gasteiger partial charge is 0.0602 e. The quantitative estimate of drug-likeness (QED) is 0.545. The van der Waals surface area contributed by atoms with Gasteiger partial charge in [-0.1, -0.05) is 64.9 Å². The molecule has 1 aromatic heterocycles. The van der Waals surface area contributed by atoms with Crippen LogP contribution < -0.4 is 5.32 Å². The summed E-state index contributed by atoms with van der Waals surface area (Å²) in [5, 5.41) is 3.61. The molecule has 1 atom stereocenters. The molecule has 0 amide bonds. The van der Waals surface area contributed by atoms with Crippen molar-refractivity contribution in [1.82, 2.24) is 10.3 Å². The van der Waals surface area contributed by atoms with E-state index >= 15 is 0 Å². The minimum Gasteiger partial charge on any atom is -0.309 e. The standard InChI is InChI=1S/C19H34N2/c1-5-7-8-9-10-11-12-13-18(20-6-2)19-17(4)14-16(3)15-21-19/h14-15,18,20H,5-13H2,1-4H3. The third-order valence-corrected chi connectivity index (χ3v) is 4.13. The van der Waals surface area contributed by atoms with Gasteiger partial charge in [-0.25, -0.2) is 0 Å². The first-order valence-electron chi connectivity index (χ1n) is 8.85. The fourth-order valence-corrected chi connectivity index (χ4v) is 2.98. The molecule has 0 saturated heterocycles. The van der Waals surface area contributed by atoms with Crippen LogP contribution in [-0.4, -0.2) is 11.5 Å². The van der Waals surface area contributed by atoms with Crippen molar-refractivity contribution >= 4 is 0 Å². The molecule has 0 bridgehead atoms. The highest BCUT2D eigenvalue weighted by molar-refractivity contribution is 5.25. The van der Waals surface area contributed by atoms with Crippen LogP contribution in [0.15, 0.2) is 12.3 Å². The van der Waals surface area contributed by atoms with Gasteiger partial charge in [0.2, 0.25) is 0 Å². The average Bonchev–Trinajstić information content (AvgIpc) is 2.45. The molecule has 1 aromatic rings. The van der Waals surface area contributed by atoms with Gasteiger partial charge < -0.3 is 5.32 Å². The predicted octanol–water partition coefficient (Wildman–Crippen LogP) is 5.49. The molecule has 120 valence electrons. The highest BCUT2D eigenvalue weighted by Gasteiger charge is 2.13. The topological polar surface area (TPSA) is 24.9 Å². The minimum absolute atomic E-state index is 0.422. The lowest BCUT2D eigenvalue weighted by Crippen LogP contribution is -2.22. The predicted molar refractivity (Wildman–Crippen MR) is 92.7 cm³/mol. The molecule has 0 aliphatic carbocycles. The molecule has 0 saturated carbocycles. The summed E-state index contributed by atoms with van der Waals surface area (Å²) in [7, 11) is 0. The van der Waals surface area contributed by atoms with Gasteiger partial charge in [0.25, 0.3) is 0 Å². The largest absolute Gasteiger partial charge is 0.309 e. The van der Waals surface area contributed by atoms with Crippen LogP contribution in [0, 0.1) is 13.8 Å². The van der Waals surface area contributed by atoms with E-state index in [1.165, 1.54) is 68.2 Å². The summed E-state index contributed by atoms with van der Waals surface area (Å²) in [6.45, 7) is 9.77. The molecule has 2 nitrogen and oxygen atoms in total. The number of hydrogen-bond acceptors (Lipinski definition) is 2. The summed E-state index contributed by atoms with van der Waals surface area (Å²) in [5.41, 5.74) is 3.82. The Morgan fingerprint density at radius 3 is 2.29 bits per heavy atom. The van der Waals surface area contributed by atoms with Gasteiger partial charge in [0.1, 0.15) is 0 Å². The molecule has 21 heavy (non-hydrogen) atoms. The van der Waals surface area contributed by atoms with Gasteiger partial charge >= 0.3 is 0 Å². The fourth-order valence-electron chi connectivity index (χ4n) is 2.98. The van der Waals surface area contributed by atoms with E-state index in [9.17, 15) is 0 Å². The number of unbranched alkanes of at least 4 members (excludes halogenated alkanes) is 6. The number of nitrogens with one attached hydrogen (secondary N) is 1. The van der Waals surface area contributed by atoms with Crippen molar-refractivity contribution in [2.45, 2.75) is 85.1 Å². The Morgan fingerprint density at radius 1 is 1.00 bits per heavy atom. The zero-order valence-corrected chi connectivity index (χ0v) is 14.5. The van der Waals surface area contributed by atoms with E-state index in [4.69, 9.17) is 0 Å². The van der Waals surface area contributed by atoms with Crippen molar-refractivity contribution in [1.29, 1.82) is 0 Å². The molecule has 0 spiro atoms. The first-order chi connectivity index (χ1) is 10.2. The zero-order chi connectivity index (χ0) is 15.5. The van der Waals surface area contributed by atoms with E-state index in [2.05, 4.69) is 44.1 Å². The van der Waals surface area contributed by atoms with Gasteiger partial charge in [-0.2, -0.15) is 0 Å². The summed E-state index contributed by atoms with van der Waals surface area (Å²) in [4.78, 5) is 4.67. The van der Waals surface area contributed by atoms with Crippen molar-refractivity contribution in [2.75, 3.05) is 6.54 Å². The van der Waals surface area contributed by atoms with Crippen molar-refractivity contribution in [3.8, 4) is 0 Å². The lowest BCUT2D eigenvalue weighted by Gasteiger charge is -2.19. The molecule has 1 N–H and O–H groups in total. The van der Waals surface area contributed by atoms with E-state index in [1.54, 1.807) is 0 Å². The molecule has 2 heteroatoms. The maximum atomic E-state index is 4.67. The van der Waals surface area contributed by atoms with Gasteiger partial charge in [-0.3, -0.25) is 4.98 Å². The van der Waals surface area contributed by atoms with Gasteiger partial charge in [-0.15, -0.1) is 0 Å². The average molecular weight is 290 g/mol. The number of rotatable bonds is 11. The normalized spacial score (nSPS) is 12.6. The Labute approximate surface area is 131 Å². The second-order valence-corrected chi connectivity index (χ2v) is 6.24. The third-order valence-electron chi connectivity index (χ3n) is 4.13. The second kappa shape index (κ2) is 10.8. The SMILES string of the molecule is CCCCCCCCCC(NCC)c1ncc(C)cc1C. The van der Waals surface area contributed by atoms with Crippen molar-refractivity contribution in [3.63, 3.8) is 0 Å². The van der Waals surface area contributed by atoms with E-state index < -0.39 is 0 Å². The first kappa shape index (κ1) is 18.2. The Morgan fingerprint density at radius 2 is 1.67 bits per heavy atom. The van der Waals surface area contributed by atoms with Crippen molar-refractivity contribution in [2.24, 2.45) is 0 Å². The molecule has 1 rings (SSSR count). The molecule has 0 radical (unpaired) electrons. The number of aryl methyl sites for hydroxylation is 2. The van der Waals surface area contributed by atoms with E-state index in [-0.39, 0.29) is 0 Å². The van der Waals surface area contributed by atoms with Crippen LogP contribution in [0.4, 0.5) is 0 Å². The van der Waals surface area contributed by atoms with Crippen LogP contribution in [0.25, 0.3) is 0 Å². The molecule has 1 heterocycles. The van der Waals surface area contributed by atoms with E-state index in [0.717, 1.165) is 6.54 Å². The Hall–Kier alpha value is -0.890. The van der Waals surface area contributed by atoms with E-state index in [0.29, 0.717) is 6.04 Å². The van der Waals surface area contributed by atoms with Crippen molar-refractivity contribution in [3.05, 3.63) is 29.1 Å². The third kappa shape index (κ3) is 7.08. The van der Waals surface area contributed by atoms with Crippen molar-refractivity contribution < 1.29 is 0 Å². The number of nitrogens with zero attached hydrogens (tertiary/aromatic N) is 1. The highest BCUT2D eigenvalue weighted by Crippen LogP contribution is 2.22. The Bertz CT molecular complexity index is 387. The van der Waals surface area contributed by atoms with Crippen LogP contribution in [0.5, 0.6) is 0 Å². The Kier molecular flexibility index (Phi) is 9.32. The van der Waals surface area contributed by atoms with Crippen LogP contribution in [0.3, 0.4) is 0 Å². The van der Waals surface area contributed by atoms with Crippen LogP contribution in [-0.2, 0) is 0 Å². The Balaban J connectivity index is 2.39. The fraction of sp³-hybridized carbons (Fsp3) is 0.737. The number of pyridine rings is 1. The van der Waals surface area contributed by atoms with Gasteiger partial charge in [-0.05, 0) is 37.9 Å². The zero-order valence-electron chi connectivity index (χ0n) is 14.5. The molecule has 1 unspecified atom stereocenters. The van der Waals surface area contributed by atoms with E-state index in [1.807, 2.05) is 6.20 Å². The van der Waals surface area contributed by atoms with Crippen LogP contribution in [0.1, 0.15) is 88.1 Å². The maximum Gasteiger partial charge on any atom is 0.0602 e. The monoisotopic (exact) mass is 290 g/mol. The summed E-state index contributed by atoms with van der Waals surface area (Å²) in [6, 6.07) is 2.67.